The Labute approximate surface area is 115 Å². The van der Waals surface area contributed by atoms with Gasteiger partial charge < -0.3 is 14.6 Å². The molecule has 112 valence electrons. The van der Waals surface area contributed by atoms with Gasteiger partial charge in [-0.25, -0.2) is 0 Å². The quantitative estimate of drug-likeness (QED) is 0.780. The molecule has 1 N–H and O–H groups in total. The van der Waals surface area contributed by atoms with Crippen LogP contribution >= 0.6 is 0 Å². The molecule has 0 aromatic rings. The van der Waals surface area contributed by atoms with E-state index in [0.717, 1.165) is 0 Å². The molecule has 5 heteroatoms. The number of hydrogen-bond acceptors (Lipinski definition) is 4. The highest BCUT2D eigenvalue weighted by Gasteiger charge is 2.32. The van der Waals surface area contributed by atoms with Crippen molar-refractivity contribution in [1.29, 1.82) is 0 Å². The molecular formula is C14H26O5. The minimum atomic E-state index is -1.05. The van der Waals surface area contributed by atoms with E-state index >= 15 is 0 Å². The number of carbonyl (C=O) groups is 2. The van der Waals surface area contributed by atoms with Crippen LogP contribution in [0.25, 0.3) is 0 Å². The van der Waals surface area contributed by atoms with Crippen molar-refractivity contribution >= 4 is 11.9 Å². The summed E-state index contributed by atoms with van der Waals surface area (Å²) in [5.41, 5.74) is -1.07. The highest BCUT2D eigenvalue weighted by atomic mass is 16.6. The molecule has 0 saturated heterocycles. The maximum atomic E-state index is 11.7. The summed E-state index contributed by atoms with van der Waals surface area (Å²) < 4.78 is 10.7. The van der Waals surface area contributed by atoms with Crippen LogP contribution in [0.5, 0.6) is 0 Å². The van der Waals surface area contributed by atoms with E-state index in [0.29, 0.717) is 0 Å². The average molecular weight is 274 g/mol. The molecule has 0 aliphatic rings. The van der Waals surface area contributed by atoms with Crippen molar-refractivity contribution < 1.29 is 24.2 Å². The van der Waals surface area contributed by atoms with E-state index in [2.05, 4.69) is 0 Å². The zero-order valence-electron chi connectivity index (χ0n) is 12.9. The Bertz CT molecular complexity index is 322. The predicted octanol–water partition coefficient (Wildman–Crippen LogP) is 2.62. The van der Waals surface area contributed by atoms with Gasteiger partial charge in [0.1, 0.15) is 5.60 Å². The molecule has 0 aromatic carbocycles. The first-order chi connectivity index (χ1) is 8.32. The molecule has 0 fully saturated rings. The van der Waals surface area contributed by atoms with Crippen molar-refractivity contribution in [3.8, 4) is 0 Å². The fourth-order valence-corrected chi connectivity index (χ4v) is 1.66. The summed E-state index contributed by atoms with van der Waals surface area (Å²) in [7, 11) is 0. The summed E-state index contributed by atoms with van der Waals surface area (Å²) in [6, 6.07) is 0. The fourth-order valence-electron chi connectivity index (χ4n) is 1.66. The van der Waals surface area contributed by atoms with E-state index < -0.39 is 35.2 Å². The van der Waals surface area contributed by atoms with Gasteiger partial charge in [0, 0.05) is 0 Å². The van der Waals surface area contributed by atoms with Crippen molar-refractivity contribution in [3.05, 3.63) is 0 Å². The second-order valence-corrected chi connectivity index (χ2v) is 6.67. The number of carboxylic acids is 1. The third kappa shape index (κ3) is 8.59. The predicted molar refractivity (Wildman–Crippen MR) is 71.9 cm³/mol. The van der Waals surface area contributed by atoms with Gasteiger partial charge in [0.15, 0.2) is 0 Å². The first-order valence-corrected chi connectivity index (χ1v) is 6.44. The van der Waals surface area contributed by atoms with Crippen molar-refractivity contribution in [3.63, 3.8) is 0 Å². The first kappa shape index (κ1) is 17.9. The average Bonchev–Trinajstić information content (AvgIpc) is 2.07. The second-order valence-electron chi connectivity index (χ2n) is 6.67. The summed E-state index contributed by atoms with van der Waals surface area (Å²) in [6.07, 6.45) is -0.755. The summed E-state index contributed by atoms with van der Waals surface area (Å²) in [6.45, 7) is 12.4. The lowest BCUT2D eigenvalue weighted by Crippen LogP contribution is -2.37. The number of hydrogen-bond donors (Lipinski definition) is 1. The topological polar surface area (TPSA) is 72.8 Å². The van der Waals surface area contributed by atoms with Crippen LogP contribution in [0.4, 0.5) is 0 Å². The van der Waals surface area contributed by atoms with E-state index in [1.54, 1.807) is 27.7 Å². The SMILES string of the molecule is C[C@H](OC(C)(C)C)C(CC(=O)OC(C)(C)C)C(=O)O. The molecule has 0 amide bonds. The van der Waals surface area contributed by atoms with Crippen LogP contribution in [-0.2, 0) is 19.1 Å². The van der Waals surface area contributed by atoms with Crippen molar-refractivity contribution in [1.82, 2.24) is 0 Å². The Balaban J connectivity index is 4.67. The van der Waals surface area contributed by atoms with Gasteiger partial charge in [-0.15, -0.1) is 0 Å². The molecule has 0 bridgehead atoms. The highest BCUT2D eigenvalue weighted by molar-refractivity contribution is 5.79. The van der Waals surface area contributed by atoms with Gasteiger partial charge in [-0.3, -0.25) is 9.59 Å². The minimum Gasteiger partial charge on any atom is -0.481 e. The van der Waals surface area contributed by atoms with Crippen LogP contribution in [0.1, 0.15) is 54.9 Å². The summed E-state index contributed by atoms with van der Waals surface area (Å²) in [5, 5.41) is 9.20. The normalized spacial score (nSPS) is 15.7. The molecule has 0 spiro atoms. The van der Waals surface area contributed by atoms with Crippen molar-refractivity contribution in [2.24, 2.45) is 5.92 Å². The Hall–Kier alpha value is -1.10. The summed E-state index contributed by atoms with van der Waals surface area (Å²) >= 11 is 0. The minimum absolute atomic E-state index is 0.191. The maximum absolute atomic E-state index is 11.7. The highest BCUT2D eigenvalue weighted by Crippen LogP contribution is 2.21. The van der Waals surface area contributed by atoms with Crippen molar-refractivity contribution in [2.75, 3.05) is 0 Å². The largest absolute Gasteiger partial charge is 0.481 e. The number of carboxylic acid groups (broad SMARTS) is 1. The first-order valence-electron chi connectivity index (χ1n) is 6.44. The molecule has 0 heterocycles. The lowest BCUT2D eigenvalue weighted by Gasteiger charge is -2.29. The number of esters is 1. The van der Waals surface area contributed by atoms with E-state index in [4.69, 9.17) is 9.47 Å². The summed E-state index contributed by atoms with van der Waals surface area (Å²) in [5.74, 6) is -2.49. The van der Waals surface area contributed by atoms with Crippen LogP contribution in [0, 0.1) is 5.92 Å². The zero-order valence-corrected chi connectivity index (χ0v) is 12.9. The van der Waals surface area contributed by atoms with E-state index in [9.17, 15) is 14.7 Å². The van der Waals surface area contributed by atoms with E-state index in [1.165, 1.54) is 0 Å². The molecule has 1 unspecified atom stereocenters. The number of aliphatic carboxylic acids is 1. The Morgan fingerprint density at radius 3 is 1.84 bits per heavy atom. The number of rotatable bonds is 5. The van der Waals surface area contributed by atoms with E-state index in [-0.39, 0.29) is 6.42 Å². The molecule has 0 aliphatic heterocycles. The Morgan fingerprint density at radius 1 is 1.05 bits per heavy atom. The zero-order chi connectivity index (χ0) is 15.4. The lowest BCUT2D eigenvalue weighted by atomic mass is 9.98. The molecule has 0 aliphatic carbocycles. The second kappa shape index (κ2) is 6.37. The smallest absolute Gasteiger partial charge is 0.309 e. The van der Waals surface area contributed by atoms with Gasteiger partial charge in [-0.2, -0.15) is 0 Å². The van der Waals surface area contributed by atoms with Gasteiger partial charge in [0.25, 0.3) is 0 Å². The molecule has 0 saturated carbocycles. The van der Waals surface area contributed by atoms with Crippen molar-refractivity contribution in [2.45, 2.75) is 72.2 Å². The van der Waals surface area contributed by atoms with Crippen LogP contribution < -0.4 is 0 Å². The maximum Gasteiger partial charge on any atom is 0.309 e. The van der Waals surface area contributed by atoms with E-state index in [1.807, 2.05) is 20.8 Å². The molecule has 2 atom stereocenters. The van der Waals surface area contributed by atoms with Gasteiger partial charge in [0.2, 0.25) is 0 Å². The Kier molecular flexibility index (Phi) is 6.00. The molecule has 0 aromatic heterocycles. The number of ether oxygens (including phenoxy) is 2. The van der Waals surface area contributed by atoms with Crippen LogP contribution in [0.2, 0.25) is 0 Å². The Morgan fingerprint density at radius 2 is 1.53 bits per heavy atom. The van der Waals surface area contributed by atoms with Crippen LogP contribution in [-0.4, -0.2) is 34.4 Å². The molecule has 5 nitrogen and oxygen atoms in total. The number of carbonyl (C=O) groups excluding carboxylic acids is 1. The van der Waals surface area contributed by atoms with Crippen LogP contribution in [0.3, 0.4) is 0 Å². The fraction of sp³-hybridized carbons (Fsp3) is 0.857. The molecule has 0 radical (unpaired) electrons. The monoisotopic (exact) mass is 274 g/mol. The molecule has 0 rings (SSSR count). The third-order valence-electron chi connectivity index (χ3n) is 2.23. The summed E-state index contributed by atoms with van der Waals surface area (Å²) in [4.78, 5) is 22.9. The molecule has 19 heavy (non-hydrogen) atoms. The van der Waals surface area contributed by atoms with Gasteiger partial charge in [0.05, 0.1) is 24.0 Å². The standard InChI is InChI=1S/C14H26O5/c1-9(18-13(2,3)4)10(12(16)17)8-11(15)19-14(5,6)7/h9-10H,8H2,1-7H3,(H,16,17)/t9-,10?/m0/s1. The van der Waals surface area contributed by atoms with Gasteiger partial charge in [-0.05, 0) is 48.5 Å². The molecular weight excluding hydrogens is 248 g/mol. The van der Waals surface area contributed by atoms with Gasteiger partial charge >= 0.3 is 11.9 Å². The lowest BCUT2D eigenvalue weighted by molar-refractivity contribution is -0.166. The van der Waals surface area contributed by atoms with Crippen LogP contribution in [0.15, 0.2) is 0 Å². The van der Waals surface area contributed by atoms with Gasteiger partial charge in [-0.1, -0.05) is 0 Å². The third-order valence-corrected chi connectivity index (χ3v) is 2.23.